The Kier molecular flexibility index (Phi) is 12.5. The molecule has 4 fully saturated rings. The molecule has 14 nitrogen and oxygen atoms in total. The number of hydrogen-bond donors (Lipinski definition) is 3. The number of aromatic amines is 2. The number of piperidine rings is 1. The minimum atomic E-state index is -0.967. The van der Waals surface area contributed by atoms with E-state index in [9.17, 15) is 14.4 Å². The van der Waals surface area contributed by atoms with Gasteiger partial charge in [0.1, 0.15) is 41.1 Å². The van der Waals surface area contributed by atoms with Crippen LogP contribution in [0.5, 0.6) is 0 Å². The third-order valence-corrected chi connectivity index (χ3v) is 13.1. The Bertz CT molecular complexity index is 2360. The van der Waals surface area contributed by atoms with Crippen molar-refractivity contribution >= 4 is 23.6 Å². The van der Waals surface area contributed by atoms with Gasteiger partial charge in [0.25, 0.3) is 5.91 Å². The Hall–Kier alpha value is -6.13. The van der Waals surface area contributed by atoms with Crippen LogP contribution in [0, 0.1) is 11.6 Å². The molecule has 4 aliphatic rings. The number of imidazole rings is 2. The Morgan fingerprint density at radius 1 is 0.746 bits per heavy atom. The Morgan fingerprint density at radius 3 is 1.97 bits per heavy atom. The molecule has 0 saturated carbocycles. The molecule has 16 heteroatoms. The molecule has 330 valence electrons. The van der Waals surface area contributed by atoms with Crippen molar-refractivity contribution in [1.82, 2.24) is 40.0 Å². The number of likely N-dealkylation sites (tertiary alicyclic amines) is 2. The molecule has 0 unspecified atom stereocenters. The zero-order valence-electron chi connectivity index (χ0n) is 35.3. The van der Waals surface area contributed by atoms with Crippen LogP contribution in [0.4, 0.5) is 19.3 Å². The standard InChI is InChI=1S/C47H53F2N9O5/c1-62-47(61)54-40(31-10-4-2-5-11-31)45(59)57-18-8-14-38(57)43-51-29-37(53-43)33-26-34(48)42(35(49)27-33)55-20-16-30(17-21-55)36-28-50-44(52-36)39-15-9-19-58(39)46(60)41(32-12-6-3-7-13-32)56-22-24-63-25-23-56/h2-7,10-13,26-30,38-41H,8-9,14-25H2,1H3,(H,50,52)(H,51,53)(H,54,61)/t38-,39-,40+,41+/m0/s1. The van der Waals surface area contributed by atoms with Gasteiger partial charge in [-0.15, -0.1) is 0 Å². The van der Waals surface area contributed by atoms with Gasteiger partial charge in [-0.25, -0.2) is 23.5 Å². The van der Waals surface area contributed by atoms with Crippen molar-refractivity contribution in [2.24, 2.45) is 0 Å². The number of rotatable bonds is 11. The van der Waals surface area contributed by atoms with Gasteiger partial charge in [0.2, 0.25) is 5.91 Å². The van der Waals surface area contributed by atoms with Gasteiger partial charge in [0, 0.05) is 62.6 Å². The van der Waals surface area contributed by atoms with Crippen LogP contribution in [0.2, 0.25) is 0 Å². The molecular weight excluding hydrogens is 809 g/mol. The third kappa shape index (κ3) is 8.78. The fraction of sp³-hybridized carbons (Fsp3) is 0.426. The topological polar surface area (TPSA) is 152 Å². The predicted octanol–water partition coefficient (Wildman–Crippen LogP) is 6.96. The number of H-pyrrole nitrogens is 2. The molecule has 3 aromatic carbocycles. The van der Waals surface area contributed by atoms with Crippen LogP contribution in [0.15, 0.2) is 85.2 Å². The summed E-state index contributed by atoms with van der Waals surface area (Å²) in [6.07, 6.45) is 7.06. The second kappa shape index (κ2) is 18.7. The zero-order valence-corrected chi connectivity index (χ0v) is 35.3. The fourth-order valence-electron chi connectivity index (χ4n) is 9.86. The normalized spacial score (nSPS) is 20.8. The summed E-state index contributed by atoms with van der Waals surface area (Å²) >= 11 is 0. The van der Waals surface area contributed by atoms with E-state index in [1.54, 1.807) is 34.1 Å². The van der Waals surface area contributed by atoms with Gasteiger partial charge < -0.3 is 39.5 Å². The molecule has 3 N–H and O–H groups in total. The van der Waals surface area contributed by atoms with E-state index in [-0.39, 0.29) is 35.5 Å². The molecule has 2 aromatic heterocycles. The maximum atomic E-state index is 16.0. The molecule has 4 atom stereocenters. The van der Waals surface area contributed by atoms with Crippen molar-refractivity contribution in [2.45, 2.75) is 68.6 Å². The number of anilines is 1. The first-order chi connectivity index (χ1) is 30.8. The molecule has 0 aliphatic carbocycles. The fourth-order valence-corrected chi connectivity index (χ4v) is 9.86. The van der Waals surface area contributed by atoms with Gasteiger partial charge in [0.05, 0.1) is 44.3 Å². The Morgan fingerprint density at radius 2 is 1.33 bits per heavy atom. The SMILES string of the molecule is COC(=O)N[C@@H](C(=O)N1CCC[C@H]1c1ncc(-c2cc(F)c(N3CCC(c4cnc([C@@H]5CCCN5C(=O)[C@@H](c5ccccc5)N5CCOCC5)[nH]4)CC3)c(F)c2)[nH]1)c1ccccc1. The van der Waals surface area contributed by atoms with Crippen LogP contribution in [0.3, 0.4) is 0 Å². The molecule has 5 aromatic rings. The zero-order chi connectivity index (χ0) is 43.5. The summed E-state index contributed by atoms with van der Waals surface area (Å²) in [4.78, 5) is 64.3. The molecule has 0 spiro atoms. The van der Waals surface area contributed by atoms with E-state index in [1.165, 1.54) is 25.4 Å². The number of hydrogen-bond acceptors (Lipinski definition) is 9. The Balaban J connectivity index is 0.845. The third-order valence-electron chi connectivity index (χ3n) is 13.1. The minimum Gasteiger partial charge on any atom is -0.453 e. The molecule has 4 saturated heterocycles. The van der Waals surface area contributed by atoms with Gasteiger partial charge in [0.15, 0.2) is 0 Å². The highest BCUT2D eigenvalue weighted by atomic mass is 19.1. The summed E-state index contributed by atoms with van der Waals surface area (Å²) in [5.74, 6) is -0.179. The summed E-state index contributed by atoms with van der Waals surface area (Å²) in [5.41, 5.74) is 3.23. The molecular formula is C47H53F2N9O5. The maximum Gasteiger partial charge on any atom is 0.407 e. The summed E-state index contributed by atoms with van der Waals surface area (Å²) < 4.78 is 42.3. The lowest BCUT2D eigenvalue weighted by atomic mass is 9.93. The summed E-state index contributed by atoms with van der Waals surface area (Å²) in [7, 11) is 1.24. The molecule has 3 amide bonds. The average Bonchev–Trinajstić information content (AvgIpc) is 4.17. The number of methoxy groups -OCH3 is 1. The van der Waals surface area contributed by atoms with Crippen LogP contribution in [0.25, 0.3) is 11.3 Å². The number of morpholine rings is 1. The minimum absolute atomic E-state index is 0.0618. The highest BCUT2D eigenvalue weighted by Gasteiger charge is 2.40. The molecule has 63 heavy (non-hydrogen) atoms. The van der Waals surface area contributed by atoms with Crippen LogP contribution in [0.1, 0.15) is 97.1 Å². The van der Waals surface area contributed by atoms with Crippen molar-refractivity contribution in [1.29, 1.82) is 0 Å². The molecule has 0 radical (unpaired) electrons. The summed E-state index contributed by atoms with van der Waals surface area (Å²) in [6.45, 7) is 4.60. The Labute approximate surface area is 365 Å². The second-order valence-corrected chi connectivity index (χ2v) is 16.8. The van der Waals surface area contributed by atoms with Crippen LogP contribution >= 0.6 is 0 Å². The number of alkyl carbamates (subject to hydrolysis) is 1. The molecule has 6 heterocycles. The van der Waals surface area contributed by atoms with E-state index in [2.05, 4.69) is 25.2 Å². The quantitative estimate of drug-likeness (QED) is 0.128. The predicted molar refractivity (Wildman–Crippen MR) is 230 cm³/mol. The van der Waals surface area contributed by atoms with E-state index < -0.39 is 29.8 Å². The number of ether oxygens (including phenoxy) is 2. The molecule has 4 aliphatic heterocycles. The number of nitrogens with one attached hydrogen (secondary N) is 3. The lowest BCUT2D eigenvalue weighted by Gasteiger charge is -2.37. The van der Waals surface area contributed by atoms with E-state index in [4.69, 9.17) is 14.5 Å². The van der Waals surface area contributed by atoms with Gasteiger partial charge in [-0.2, -0.15) is 0 Å². The smallest absolute Gasteiger partial charge is 0.407 e. The first-order valence-electron chi connectivity index (χ1n) is 22.0. The average molecular weight is 862 g/mol. The molecule has 9 rings (SSSR count). The van der Waals surface area contributed by atoms with Gasteiger partial charge in [-0.1, -0.05) is 60.7 Å². The number of aromatic nitrogens is 4. The first-order valence-corrected chi connectivity index (χ1v) is 22.0. The van der Waals surface area contributed by atoms with Gasteiger partial charge >= 0.3 is 6.09 Å². The number of halogens is 2. The maximum absolute atomic E-state index is 16.0. The van der Waals surface area contributed by atoms with Crippen molar-refractivity contribution in [2.75, 3.05) is 64.5 Å². The number of carbonyl (C=O) groups excluding carboxylic acids is 3. The van der Waals surface area contributed by atoms with Crippen molar-refractivity contribution < 1.29 is 32.6 Å². The number of benzene rings is 3. The monoisotopic (exact) mass is 861 g/mol. The van der Waals surface area contributed by atoms with Crippen LogP contribution in [-0.4, -0.2) is 112 Å². The lowest BCUT2D eigenvalue weighted by Crippen LogP contribution is -2.47. The highest BCUT2D eigenvalue weighted by molar-refractivity contribution is 5.87. The van der Waals surface area contributed by atoms with Crippen molar-refractivity contribution in [3.05, 3.63) is 125 Å². The number of carbonyl (C=O) groups is 3. The van der Waals surface area contributed by atoms with E-state index in [1.807, 2.05) is 47.5 Å². The highest BCUT2D eigenvalue weighted by Crippen LogP contribution is 2.39. The summed E-state index contributed by atoms with van der Waals surface area (Å²) in [5, 5.41) is 2.66. The van der Waals surface area contributed by atoms with Gasteiger partial charge in [-0.05, 0) is 61.8 Å². The van der Waals surface area contributed by atoms with E-state index in [0.717, 1.165) is 29.9 Å². The van der Waals surface area contributed by atoms with Crippen molar-refractivity contribution in [3.8, 4) is 11.3 Å². The van der Waals surface area contributed by atoms with Crippen LogP contribution < -0.4 is 10.2 Å². The molecule has 0 bridgehead atoms. The largest absolute Gasteiger partial charge is 0.453 e. The lowest BCUT2D eigenvalue weighted by molar-refractivity contribution is -0.140. The van der Waals surface area contributed by atoms with Crippen LogP contribution in [-0.2, 0) is 19.1 Å². The van der Waals surface area contributed by atoms with E-state index >= 15 is 8.78 Å². The number of nitrogens with zero attached hydrogens (tertiary/aromatic N) is 6. The number of amides is 3. The first kappa shape index (κ1) is 42.2. The summed E-state index contributed by atoms with van der Waals surface area (Å²) in [6, 6.07) is 19.6. The second-order valence-electron chi connectivity index (χ2n) is 16.8. The van der Waals surface area contributed by atoms with Crippen molar-refractivity contribution in [3.63, 3.8) is 0 Å². The van der Waals surface area contributed by atoms with E-state index in [0.29, 0.717) is 101 Å². The van der Waals surface area contributed by atoms with Gasteiger partial charge in [-0.3, -0.25) is 14.5 Å².